The van der Waals surface area contributed by atoms with Crippen molar-refractivity contribution in [2.75, 3.05) is 10.6 Å². The van der Waals surface area contributed by atoms with Crippen molar-refractivity contribution in [1.29, 1.82) is 0 Å². The number of benzene rings is 2. The number of para-hydroxylation sites is 1. The highest BCUT2D eigenvalue weighted by atomic mass is 35.5. The Balaban J connectivity index is 1.73. The summed E-state index contributed by atoms with van der Waals surface area (Å²) in [5, 5.41) is 5.66. The fraction of sp³-hybridized carbons (Fsp3) is 0.0556. The first-order valence-electron chi connectivity index (χ1n) is 7.65. The molecule has 138 valence electrons. The zero-order valence-electron chi connectivity index (χ0n) is 13.6. The van der Waals surface area contributed by atoms with Gasteiger partial charge in [0.1, 0.15) is 0 Å². The lowest BCUT2D eigenvalue weighted by molar-refractivity contribution is -0.136. The van der Waals surface area contributed by atoms with E-state index in [1.54, 1.807) is 24.3 Å². The van der Waals surface area contributed by atoms with Gasteiger partial charge in [0.05, 0.1) is 16.8 Å². The van der Waals surface area contributed by atoms with E-state index in [1.165, 1.54) is 30.6 Å². The molecular formula is C18H12ClF3N4O. The summed E-state index contributed by atoms with van der Waals surface area (Å²) in [7, 11) is 0. The van der Waals surface area contributed by atoms with Crippen LogP contribution < -0.4 is 10.6 Å². The summed E-state index contributed by atoms with van der Waals surface area (Å²) in [5.41, 5.74) is -0.600. The molecule has 0 saturated heterocycles. The lowest BCUT2D eigenvalue weighted by Crippen LogP contribution is -2.17. The zero-order chi connectivity index (χ0) is 19.4. The molecule has 1 amide bonds. The van der Waals surface area contributed by atoms with Crippen LogP contribution in [0, 0.1) is 0 Å². The number of hydrogen-bond donors (Lipinski definition) is 2. The van der Waals surface area contributed by atoms with Gasteiger partial charge in [-0.05, 0) is 30.3 Å². The number of aromatic nitrogens is 2. The van der Waals surface area contributed by atoms with Crippen molar-refractivity contribution in [2.24, 2.45) is 0 Å². The van der Waals surface area contributed by atoms with Crippen LogP contribution in [0.2, 0.25) is 5.02 Å². The zero-order valence-corrected chi connectivity index (χ0v) is 14.3. The number of alkyl halides is 3. The standard InChI is InChI=1S/C18H12ClF3N4O/c19-12-4-3-5-13(8-12)25-17-23-9-11(10-24-17)16(27)26-15-7-2-1-6-14(15)18(20,21)22/h1-10H,(H,26,27)(H,23,24,25). The first-order valence-corrected chi connectivity index (χ1v) is 8.03. The second-order valence-corrected chi connectivity index (χ2v) is 5.86. The van der Waals surface area contributed by atoms with Gasteiger partial charge in [0.2, 0.25) is 5.95 Å². The van der Waals surface area contributed by atoms with Gasteiger partial charge < -0.3 is 10.6 Å². The Bertz CT molecular complexity index is 961. The van der Waals surface area contributed by atoms with Gasteiger partial charge >= 0.3 is 6.18 Å². The monoisotopic (exact) mass is 392 g/mol. The van der Waals surface area contributed by atoms with Crippen LogP contribution in [-0.2, 0) is 6.18 Å². The molecule has 27 heavy (non-hydrogen) atoms. The summed E-state index contributed by atoms with van der Waals surface area (Å²) in [4.78, 5) is 20.2. The molecule has 0 unspecified atom stereocenters. The number of carbonyl (C=O) groups is 1. The maximum absolute atomic E-state index is 13.0. The third-order valence-electron chi connectivity index (χ3n) is 3.48. The van der Waals surface area contributed by atoms with Gasteiger partial charge in [0.25, 0.3) is 5.91 Å². The summed E-state index contributed by atoms with van der Waals surface area (Å²) in [6.07, 6.45) is -2.15. The molecule has 1 aromatic heterocycles. The molecule has 0 bridgehead atoms. The summed E-state index contributed by atoms with van der Waals surface area (Å²) >= 11 is 5.89. The van der Waals surface area contributed by atoms with Crippen LogP contribution in [-0.4, -0.2) is 15.9 Å². The molecule has 0 fully saturated rings. The third kappa shape index (κ3) is 4.73. The van der Waals surface area contributed by atoms with Crippen molar-refractivity contribution in [3.63, 3.8) is 0 Å². The van der Waals surface area contributed by atoms with E-state index in [9.17, 15) is 18.0 Å². The molecule has 0 aliphatic carbocycles. The first-order chi connectivity index (χ1) is 12.8. The molecule has 0 radical (unpaired) electrons. The van der Waals surface area contributed by atoms with Crippen LogP contribution >= 0.6 is 11.6 Å². The predicted octanol–water partition coefficient (Wildman–Crippen LogP) is 5.14. The lowest BCUT2D eigenvalue weighted by atomic mass is 10.1. The van der Waals surface area contributed by atoms with Gasteiger partial charge in [-0.15, -0.1) is 0 Å². The van der Waals surface area contributed by atoms with E-state index >= 15 is 0 Å². The molecule has 0 saturated carbocycles. The molecule has 0 aliphatic heterocycles. The van der Waals surface area contributed by atoms with E-state index in [0.29, 0.717) is 10.7 Å². The van der Waals surface area contributed by atoms with Crippen molar-refractivity contribution in [3.05, 3.63) is 77.1 Å². The molecule has 3 rings (SSSR count). The Labute approximate surface area is 157 Å². The smallest absolute Gasteiger partial charge is 0.324 e. The van der Waals surface area contributed by atoms with Gasteiger partial charge in [0.15, 0.2) is 0 Å². The molecule has 0 aliphatic rings. The van der Waals surface area contributed by atoms with E-state index in [0.717, 1.165) is 6.07 Å². The predicted molar refractivity (Wildman–Crippen MR) is 96.2 cm³/mol. The molecule has 0 atom stereocenters. The van der Waals surface area contributed by atoms with E-state index in [4.69, 9.17) is 11.6 Å². The van der Waals surface area contributed by atoms with Crippen LogP contribution in [0.1, 0.15) is 15.9 Å². The molecule has 9 heteroatoms. The van der Waals surface area contributed by atoms with Crippen LogP contribution in [0.15, 0.2) is 60.9 Å². The van der Waals surface area contributed by atoms with E-state index in [1.807, 2.05) is 0 Å². The Kier molecular flexibility index (Phi) is 5.27. The number of rotatable bonds is 4. The first kappa shape index (κ1) is 18.7. The van der Waals surface area contributed by atoms with E-state index in [-0.39, 0.29) is 17.2 Å². The number of hydrogen-bond acceptors (Lipinski definition) is 4. The summed E-state index contributed by atoms with van der Waals surface area (Å²) in [6.45, 7) is 0. The normalized spacial score (nSPS) is 11.1. The van der Waals surface area contributed by atoms with Crippen molar-refractivity contribution in [3.8, 4) is 0 Å². The molecule has 2 aromatic carbocycles. The van der Waals surface area contributed by atoms with Crippen molar-refractivity contribution >= 4 is 34.8 Å². The largest absolute Gasteiger partial charge is 0.418 e. The third-order valence-corrected chi connectivity index (χ3v) is 3.71. The fourth-order valence-corrected chi connectivity index (χ4v) is 2.43. The van der Waals surface area contributed by atoms with Crippen molar-refractivity contribution < 1.29 is 18.0 Å². The average Bonchev–Trinajstić information content (AvgIpc) is 2.62. The second-order valence-electron chi connectivity index (χ2n) is 5.43. The lowest BCUT2D eigenvalue weighted by Gasteiger charge is -2.13. The van der Waals surface area contributed by atoms with Crippen LogP contribution in [0.3, 0.4) is 0 Å². The average molecular weight is 393 g/mol. The van der Waals surface area contributed by atoms with Crippen LogP contribution in [0.4, 0.5) is 30.5 Å². The summed E-state index contributed by atoms with van der Waals surface area (Å²) < 4.78 is 39.0. The fourth-order valence-electron chi connectivity index (χ4n) is 2.24. The van der Waals surface area contributed by atoms with E-state index < -0.39 is 17.6 Å². The van der Waals surface area contributed by atoms with E-state index in [2.05, 4.69) is 20.6 Å². The minimum absolute atomic E-state index is 0.0172. The SMILES string of the molecule is O=C(Nc1ccccc1C(F)(F)F)c1cnc(Nc2cccc(Cl)c2)nc1. The highest BCUT2D eigenvalue weighted by Crippen LogP contribution is 2.34. The molecule has 3 aromatic rings. The van der Waals surface area contributed by atoms with Crippen molar-refractivity contribution in [2.45, 2.75) is 6.18 Å². The summed E-state index contributed by atoms with van der Waals surface area (Å²) in [6, 6.07) is 11.6. The number of nitrogens with zero attached hydrogens (tertiary/aromatic N) is 2. The van der Waals surface area contributed by atoms with Gasteiger partial charge in [-0.1, -0.05) is 29.8 Å². The highest BCUT2D eigenvalue weighted by Gasteiger charge is 2.33. The quantitative estimate of drug-likeness (QED) is 0.644. The van der Waals surface area contributed by atoms with Gasteiger partial charge in [-0.2, -0.15) is 13.2 Å². The number of carbonyl (C=O) groups excluding carboxylic acids is 1. The number of amides is 1. The Hall–Kier alpha value is -3.13. The number of nitrogens with one attached hydrogen (secondary N) is 2. The number of anilines is 3. The molecule has 2 N–H and O–H groups in total. The van der Waals surface area contributed by atoms with Gasteiger partial charge in [-0.25, -0.2) is 9.97 Å². The topological polar surface area (TPSA) is 66.9 Å². The Morgan fingerprint density at radius 2 is 1.70 bits per heavy atom. The Morgan fingerprint density at radius 1 is 1.00 bits per heavy atom. The van der Waals surface area contributed by atoms with Crippen LogP contribution in [0.25, 0.3) is 0 Å². The van der Waals surface area contributed by atoms with Gasteiger partial charge in [0, 0.05) is 23.1 Å². The van der Waals surface area contributed by atoms with Crippen LogP contribution in [0.5, 0.6) is 0 Å². The maximum atomic E-state index is 13.0. The highest BCUT2D eigenvalue weighted by molar-refractivity contribution is 6.30. The maximum Gasteiger partial charge on any atom is 0.418 e. The molecule has 0 spiro atoms. The Morgan fingerprint density at radius 3 is 2.37 bits per heavy atom. The molecular weight excluding hydrogens is 381 g/mol. The number of halogens is 4. The molecule has 5 nitrogen and oxygen atoms in total. The summed E-state index contributed by atoms with van der Waals surface area (Å²) in [5.74, 6) is -0.537. The molecule has 1 heterocycles. The second kappa shape index (κ2) is 7.63. The minimum atomic E-state index is -4.58. The van der Waals surface area contributed by atoms with Crippen molar-refractivity contribution in [1.82, 2.24) is 9.97 Å². The van der Waals surface area contributed by atoms with Gasteiger partial charge in [-0.3, -0.25) is 4.79 Å². The minimum Gasteiger partial charge on any atom is -0.324 e.